The van der Waals surface area contributed by atoms with E-state index in [1.165, 1.54) is 14.2 Å². The molecule has 0 unspecified atom stereocenters. The second-order valence-corrected chi connectivity index (χ2v) is 5.39. The first kappa shape index (κ1) is 19.1. The Morgan fingerprint density at radius 1 is 1.08 bits per heavy atom. The second-order valence-electron chi connectivity index (χ2n) is 5.39. The number of esters is 1. The molecule has 0 saturated heterocycles. The van der Waals surface area contributed by atoms with Gasteiger partial charge >= 0.3 is 12.1 Å². The molecule has 2 rings (SSSR count). The van der Waals surface area contributed by atoms with E-state index in [0.29, 0.717) is 17.1 Å². The summed E-state index contributed by atoms with van der Waals surface area (Å²) in [4.78, 5) is 23.3. The molecule has 1 amide bonds. The predicted octanol–water partition coefficient (Wildman–Crippen LogP) is 3.06. The normalized spacial score (nSPS) is 10.1. The van der Waals surface area contributed by atoms with Crippen LogP contribution in [0.25, 0.3) is 10.8 Å². The monoisotopic (exact) mass is 359 g/mol. The number of rotatable bonds is 7. The quantitative estimate of drug-likeness (QED) is 0.465. The van der Waals surface area contributed by atoms with Crippen molar-refractivity contribution < 1.29 is 28.5 Å². The number of nitrogens with one attached hydrogen (secondary N) is 1. The summed E-state index contributed by atoms with van der Waals surface area (Å²) in [7, 11) is 3.03. The van der Waals surface area contributed by atoms with Crippen molar-refractivity contribution in [1.82, 2.24) is 5.32 Å². The number of fused-ring (bicyclic) bond motifs is 1. The molecule has 0 aliphatic heterocycles. The maximum atomic E-state index is 12.0. The van der Waals surface area contributed by atoms with E-state index in [4.69, 9.17) is 18.9 Å². The summed E-state index contributed by atoms with van der Waals surface area (Å²) >= 11 is 0. The Morgan fingerprint density at radius 2 is 1.77 bits per heavy atom. The topological polar surface area (TPSA) is 83.1 Å². The molecule has 0 saturated carbocycles. The first-order valence-electron chi connectivity index (χ1n) is 7.90. The number of amides is 1. The van der Waals surface area contributed by atoms with Gasteiger partial charge in [0.1, 0.15) is 12.4 Å². The number of carbonyl (C=O) groups is 2. The van der Waals surface area contributed by atoms with Crippen molar-refractivity contribution in [3.8, 4) is 17.2 Å². The molecule has 7 nitrogen and oxygen atoms in total. The molecule has 0 bridgehead atoms. The highest BCUT2D eigenvalue weighted by atomic mass is 16.6. The molecular weight excluding hydrogens is 338 g/mol. The van der Waals surface area contributed by atoms with E-state index in [-0.39, 0.29) is 18.9 Å². The van der Waals surface area contributed by atoms with E-state index in [9.17, 15) is 9.59 Å². The molecule has 0 atom stereocenters. The molecule has 2 aromatic carbocycles. The van der Waals surface area contributed by atoms with Crippen molar-refractivity contribution in [2.45, 2.75) is 6.92 Å². The van der Waals surface area contributed by atoms with Gasteiger partial charge in [0.2, 0.25) is 0 Å². The summed E-state index contributed by atoms with van der Waals surface area (Å²) in [6.45, 7) is 5.13. The van der Waals surface area contributed by atoms with Crippen LogP contribution in [0.1, 0.15) is 6.92 Å². The third-order valence-electron chi connectivity index (χ3n) is 3.50. The van der Waals surface area contributed by atoms with Gasteiger partial charge in [-0.05, 0) is 6.92 Å². The first-order chi connectivity index (χ1) is 12.5. The number of hydrogen-bond donors (Lipinski definition) is 1. The molecule has 0 aromatic heterocycles. The molecule has 0 fully saturated rings. The fourth-order valence-electron chi connectivity index (χ4n) is 2.30. The number of hydrogen-bond acceptors (Lipinski definition) is 6. The van der Waals surface area contributed by atoms with Crippen LogP contribution < -0.4 is 19.5 Å². The SMILES string of the molecule is C=C(C)C(=O)OCCNC(=O)Oc1cc(OC)c2ccccc2c1OC. The van der Waals surface area contributed by atoms with Gasteiger partial charge in [0.25, 0.3) is 0 Å². The molecule has 26 heavy (non-hydrogen) atoms. The minimum Gasteiger partial charge on any atom is -0.496 e. The van der Waals surface area contributed by atoms with E-state index < -0.39 is 12.1 Å². The van der Waals surface area contributed by atoms with Crippen LogP contribution in [0.15, 0.2) is 42.5 Å². The van der Waals surface area contributed by atoms with E-state index in [2.05, 4.69) is 11.9 Å². The Morgan fingerprint density at radius 3 is 2.38 bits per heavy atom. The number of methoxy groups -OCH3 is 2. The molecule has 0 spiro atoms. The summed E-state index contributed by atoms with van der Waals surface area (Å²) in [6, 6.07) is 9.05. The lowest BCUT2D eigenvalue weighted by Crippen LogP contribution is -2.30. The van der Waals surface area contributed by atoms with Crippen molar-refractivity contribution in [3.63, 3.8) is 0 Å². The largest absolute Gasteiger partial charge is 0.496 e. The number of carbonyl (C=O) groups excluding carboxylic acids is 2. The minimum absolute atomic E-state index is 0.0129. The first-order valence-corrected chi connectivity index (χ1v) is 7.90. The molecule has 0 aliphatic carbocycles. The van der Waals surface area contributed by atoms with E-state index in [1.807, 2.05) is 24.3 Å². The second kappa shape index (κ2) is 8.75. The molecule has 1 N–H and O–H groups in total. The molecular formula is C19H21NO6. The maximum absolute atomic E-state index is 12.0. The summed E-state index contributed by atoms with van der Waals surface area (Å²) < 4.78 is 21.0. The van der Waals surface area contributed by atoms with Gasteiger partial charge in [-0.3, -0.25) is 0 Å². The highest BCUT2D eigenvalue weighted by molar-refractivity contribution is 5.96. The number of benzene rings is 2. The highest BCUT2D eigenvalue weighted by Gasteiger charge is 2.17. The van der Waals surface area contributed by atoms with Crippen LogP contribution in [0.2, 0.25) is 0 Å². The highest BCUT2D eigenvalue weighted by Crippen LogP contribution is 2.41. The minimum atomic E-state index is -0.702. The van der Waals surface area contributed by atoms with Gasteiger partial charge in [-0.25, -0.2) is 9.59 Å². The van der Waals surface area contributed by atoms with Crippen LogP contribution in [-0.4, -0.2) is 39.4 Å². The lowest BCUT2D eigenvalue weighted by Gasteiger charge is -2.15. The van der Waals surface area contributed by atoms with Crippen LogP contribution in [0.5, 0.6) is 17.2 Å². The van der Waals surface area contributed by atoms with Gasteiger partial charge < -0.3 is 24.3 Å². The van der Waals surface area contributed by atoms with Crippen molar-refractivity contribution in [2.75, 3.05) is 27.4 Å². The third-order valence-corrected chi connectivity index (χ3v) is 3.50. The van der Waals surface area contributed by atoms with Crippen molar-refractivity contribution in [3.05, 3.63) is 42.5 Å². The van der Waals surface area contributed by atoms with E-state index in [1.54, 1.807) is 13.0 Å². The van der Waals surface area contributed by atoms with Crippen LogP contribution in [0.4, 0.5) is 4.79 Å². The zero-order valence-electron chi connectivity index (χ0n) is 15.0. The Kier molecular flexibility index (Phi) is 6.43. The molecule has 0 aliphatic rings. The summed E-state index contributed by atoms with van der Waals surface area (Å²) in [5, 5.41) is 4.09. The standard InChI is InChI=1S/C19H21NO6/c1-12(2)18(21)25-10-9-20-19(22)26-16-11-15(23-3)13-7-5-6-8-14(13)17(16)24-4/h5-8,11H,1,9-10H2,2-4H3,(H,20,22). The van der Waals surface area contributed by atoms with Crippen LogP contribution in [-0.2, 0) is 9.53 Å². The maximum Gasteiger partial charge on any atom is 0.412 e. The fraction of sp³-hybridized carbons (Fsp3) is 0.263. The summed E-state index contributed by atoms with van der Waals surface area (Å²) in [5.74, 6) is 0.686. The fourth-order valence-corrected chi connectivity index (χ4v) is 2.30. The van der Waals surface area contributed by atoms with E-state index in [0.717, 1.165) is 10.8 Å². The van der Waals surface area contributed by atoms with Gasteiger partial charge in [0, 0.05) is 22.4 Å². The average Bonchev–Trinajstić information content (AvgIpc) is 2.64. The van der Waals surface area contributed by atoms with Crippen LogP contribution in [0.3, 0.4) is 0 Å². The zero-order valence-corrected chi connectivity index (χ0v) is 15.0. The van der Waals surface area contributed by atoms with Crippen molar-refractivity contribution >= 4 is 22.8 Å². The molecule has 0 radical (unpaired) electrons. The Balaban J connectivity index is 2.08. The van der Waals surface area contributed by atoms with Crippen molar-refractivity contribution in [2.24, 2.45) is 0 Å². The molecule has 2 aromatic rings. The zero-order chi connectivity index (χ0) is 19.1. The van der Waals surface area contributed by atoms with Gasteiger partial charge in [0.15, 0.2) is 11.5 Å². The lowest BCUT2D eigenvalue weighted by molar-refractivity contribution is -0.138. The Labute approximate surface area is 151 Å². The van der Waals surface area contributed by atoms with Gasteiger partial charge in [-0.15, -0.1) is 0 Å². The lowest BCUT2D eigenvalue weighted by atomic mass is 10.1. The van der Waals surface area contributed by atoms with E-state index >= 15 is 0 Å². The third kappa shape index (κ3) is 4.44. The summed E-state index contributed by atoms with van der Waals surface area (Å²) in [6.07, 6.45) is -0.702. The van der Waals surface area contributed by atoms with Gasteiger partial charge in [-0.1, -0.05) is 30.8 Å². The summed E-state index contributed by atoms with van der Waals surface area (Å²) in [5.41, 5.74) is 0.292. The molecule has 0 heterocycles. The molecule has 7 heteroatoms. The Hall–Kier alpha value is -3.22. The van der Waals surface area contributed by atoms with Crippen LogP contribution in [0, 0.1) is 0 Å². The van der Waals surface area contributed by atoms with Crippen molar-refractivity contribution in [1.29, 1.82) is 0 Å². The Bertz CT molecular complexity index is 830. The number of ether oxygens (including phenoxy) is 4. The van der Waals surface area contributed by atoms with Gasteiger partial charge in [0.05, 0.1) is 20.8 Å². The predicted molar refractivity (Wildman–Crippen MR) is 96.9 cm³/mol. The smallest absolute Gasteiger partial charge is 0.412 e. The molecule has 138 valence electrons. The van der Waals surface area contributed by atoms with Crippen LogP contribution >= 0.6 is 0 Å². The van der Waals surface area contributed by atoms with Gasteiger partial charge in [-0.2, -0.15) is 0 Å². The average molecular weight is 359 g/mol.